The molecule has 1 saturated heterocycles. The zero-order valence-electron chi connectivity index (χ0n) is 32.3. The molecule has 1 heterocycles. The van der Waals surface area contributed by atoms with Gasteiger partial charge in [-0.05, 0) is 116 Å². The maximum Gasteiger partial charge on any atom is 0.316 e. The first kappa shape index (κ1) is 41.9. The molecule has 1 aliphatic carbocycles. The van der Waals surface area contributed by atoms with E-state index in [2.05, 4.69) is 0 Å². The fourth-order valence-corrected chi connectivity index (χ4v) is 5.14. The van der Waals surface area contributed by atoms with Gasteiger partial charge >= 0.3 is 23.9 Å². The van der Waals surface area contributed by atoms with Crippen molar-refractivity contribution in [1.82, 2.24) is 0 Å². The third kappa shape index (κ3) is 10.3. The molecule has 0 amide bonds. The van der Waals surface area contributed by atoms with E-state index in [4.69, 9.17) is 18.9 Å². The van der Waals surface area contributed by atoms with Crippen molar-refractivity contribution >= 4 is 34.6 Å². The number of phenolic OH excluding ortho intramolecular Hbond substituents is 1. The molecule has 0 radical (unpaired) electrons. The van der Waals surface area contributed by atoms with Gasteiger partial charge in [-0.25, -0.2) is 4.39 Å². The summed E-state index contributed by atoms with van der Waals surface area (Å²) < 4.78 is 34.3. The summed E-state index contributed by atoms with van der Waals surface area (Å²) in [4.78, 5) is 46.7. The van der Waals surface area contributed by atoms with Crippen LogP contribution in [0.3, 0.4) is 0 Å². The van der Waals surface area contributed by atoms with E-state index in [1.54, 1.807) is 42.5 Å². The minimum atomic E-state index is -0.618. The van der Waals surface area contributed by atoms with Gasteiger partial charge in [0.2, 0.25) is 0 Å². The van der Waals surface area contributed by atoms with Gasteiger partial charge in [0.15, 0.2) is 0 Å². The molecule has 2 aliphatic rings. The number of ether oxygens (including phenoxy) is 4. The van der Waals surface area contributed by atoms with Crippen molar-refractivity contribution in [3.63, 3.8) is 0 Å². The summed E-state index contributed by atoms with van der Waals surface area (Å²) >= 11 is 0. The maximum atomic E-state index is 13.2. The number of aryl methyl sites for hydroxylation is 1. The van der Waals surface area contributed by atoms with E-state index in [1.165, 1.54) is 6.07 Å². The highest BCUT2D eigenvalue weighted by molar-refractivity contribution is 5.94. The van der Waals surface area contributed by atoms with Crippen LogP contribution in [0.5, 0.6) is 11.5 Å². The van der Waals surface area contributed by atoms with Gasteiger partial charge in [0.05, 0.1) is 22.7 Å². The standard InChI is InChI=1S/C16H21FO2.C16H18O3.C10H16O4/c1-5-15(2,3)14(18)19-16(4)9-8-11-10-12(17)6-7-13(11)16;1-4-16(2,3)15(18)19-14-10-6-7-11-12(14)8-5-9-13(11)17;1-4-10(2,3)9(12)14-7-5-8(11)13-6-7/h6-7,10H,5,8-9H2,1-4H3;5-10,17H,4H2,1-3H3;7H,4-6H2,1-3H3. The first-order valence-corrected chi connectivity index (χ1v) is 18.0. The van der Waals surface area contributed by atoms with Crippen molar-refractivity contribution in [2.24, 2.45) is 16.2 Å². The molecule has 10 heteroatoms. The van der Waals surface area contributed by atoms with Crippen LogP contribution in [0.1, 0.15) is 112 Å². The molecule has 284 valence electrons. The van der Waals surface area contributed by atoms with Gasteiger partial charge in [0.25, 0.3) is 0 Å². The van der Waals surface area contributed by atoms with Crippen LogP contribution in [0.25, 0.3) is 10.8 Å². The molecule has 1 N–H and O–H groups in total. The Morgan fingerprint density at radius 2 is 1.42 bits per heavy atom. The van der Waals surface area contributed by atoms with E-state index >= 15 is 0 Å². The van der Waals surface area contributed by atoms with Crippen molar-refractivity contribution in [1.29, 1.82) is 0 Å². The molecule has 5 rings (SSSR count). The van der Waals surface area contributed by atoms with Crippen molar-refractivity contribution in [3.05, 3.63) is 71.5 Å². The van der Waals surface area contributed by atoms with Crippen LogP contribution in [-0.4, -0.2) is 41.7 Å². The molecule has 52 heavy (non-hydrogen) atoms. The second kappa shape index (κ2) is 16.9. The highest BCUT2D eigenvalue weighted by Crippen LogP contribution is 2.42. The Morgan fingerprint density at radius 1 is 0.846 bits per heavy atom. The molecular weight excluding hydrogens is 667 g/mol. The largest absolute Gasteiger partial charge is 0.507 e. The van der Waals surface area contributed by atoms with Crippen molar-refractivity contribution < 1.29 is 47.6 Å². The molecule has 0 bridgehead atoms. The quantitative estimate of drug-likeness (QED) is 0.131. The Bertz CT molecular complexity index is 1760. The number of halogens is 1. The van der Waals surface area contributed by atoms with Gasteiger partial charge < -0.3 is 24.1 Å². The average Bonchev–Trinajstić information content (AvgIpc) is 3.66. The van der Waals surface area contributed by atoms with Crippen molar-refractivity contribution in [2.75, 3.05) is 6.61 Å². The van der Waals surface area contributed by atoms with Crippen LogP contribution < -0.4 is 4.74 Å². The predicted molar refractivity (Wildman–Crippen MR) is 197 cm³/mol. The van der Waals surface area contributed by atoms with E-state index in [-0.39, 0.29) is 54.6 Å². The van der Waals surface area contributed by atoms with Crippen LogP contribution in [0.4, 0.5) is 4.39 Å². The lowest BCUT2D eigenvalue weighted by atomic mass is 9.89. The van der Waals surface area contributed by atoms with E-state index in [9.17, 15) is 28.7 Å². The normalized spacial score (nSPS) is 18.2. The Morgan fingerprint density at radius 3 is 2.02 bits per heavy atom. The molecule has 2 atom stereocenters. The minimum absolute atomic E-state index is 0.185. The topological polar surface area (TPSA) is 125 Å². The highest BCUT2D eigenvalue weighted by atomic mass is 19.1. The Labute approximate surface area is 307 Å². The molecule has 1 fully saturated rings. The molecule has 2 unspecified atom stereocenters. The first-order chi connectivity index (χ1) is 24.2. The lowest BCUT2D eigenvalue weighted by Gasteiger charge is -2.31. The average molecular weight is 723 g/mol. The monoisotopic (exact) mass is 722 g/mol. The number of hydrogen-bond donors (Lipinski definition) is 1. The van der Waals surface area contributed by atoms with Gasteiger partial charge in [-0.15, -0.1) is 0 Å². The summed E-state index contributed by atoms with van der Waals surface area (Å²) in [5, 5.41) is 11.2. The van der Waals surface area contributed by atoms with Gasteiger partial charge in [-0.1, -0.05) is 51.1 Å². The van der Waals surface area contributed by atoms with Crippen LogP contribution >= 0.6 is 0 Å². The smallest absolute Gasteiger partial charge is 0.316 e. The van der Waals surface area contributed by atoms with Crippen LogP contribution in [-0.2, 0) is 45.4 Å². The zero-order chi connectivity index (χ0) is 39.1. The predicted octanol–water partition coefficient (Wildman–Crippen LogP) is 9.13. The summed E-state index contributed by atoms with van der Waals surface area (Å²) in [5.74, 6) is -0.561. The zero-order valence-corrected chi connectivity index (χ0v) is 32.3. The fraction of sp³-hybridized carbons (Fsp3) is 0.524. The summed E-state index contributed by atoms with van der Waals surface area (Å²) in [6, 6.07) is 15.2. The molecule has 3 aromatic carbocycles. The second-order valence-corrected chi connectivity index (χ2v) is 15.6. The Balaban J connectivity index is 0.000000213. The number of aromatic hydroxyl groups is 1. The van der Waals surface area contributed by atoms with Gasteiger partial charge in [-0.2, -0.15) is 0 Å². The molecule has 1 aliphatic heterocycles. The summed E-state index contributed by atoms with van der Waals surface area (Å²) in [5.41, 5.74) is -0.207. The van der Waals surface area contributed by atoms with Crippen LogP contribution in [0.2, 0.25) is 0 Å². The van der Waals surface area contributed by atoms with E-state index in [1.807, 2.05) is 75.3 Å². The molecule has 9 nitrogen and oxygen atoms in total. The van der Waals surface area contributed by atoms with Crippen LogP contribution in [0.15, 0.2) is 54.6 Å². The third-order valence-electron chi connectivity index (χ3n) is 10.3. The lowest BCUT2D eigenvalue weighted by Crippen LogP contribution is -2.34. The number of fused-ring (bicyclic) bond motifs is 2. The van der Waals surface area contributed by atoms with Gasteiger partial charge in [0, 0.05) is 10.8 Å². The number of benzene rings is 3. The highest BCUT2D eigenvalue weighted by Gasteiger charge is 2.41. The van der Waals surface area contributed by atoms with Crippen molar-refractivity contribution in [2.45, 2.75) is 119 Å². The third-order valence-corrected chi connectivity index (χ3v) is 10.3. The number of cyclic esters (lactones) is 1. The molecule has 0 aromatic heterocycles. The molecular formula is C42H55FO9. The maximum absolute atomic E-state index is 13.2. The SMILES string of the molecule is CCC(C)(C)C(=O)OC1(C)CCc2cc(F)ccc21.CCC(C)(C)C(=O)OC1COC(=O)C1.CCC(C)(C)C(=O)Oc1cccc2c(O)cccc12. The number of hydrogen-bond acceptors (Lipinski definition) is 9. The molecule has 3 aromatic rings. The second-order valence-electron chi connectivity index (χ2n) is 15.6. The number of esters is 4. The number of carbonyl (C=O) groups excluding carboxylic acids is 4. The van der Waals surface area contributed by atoms with Crippen molar-refractivity contribution in [3.8, 4) is 11.5 Å². The number of rotatable bonds is 9. The van der Waals surface area contributed by atoms with E-state index < -0.39 is 21.8 Å². The molecule has 0 saturated carbocycles. The Kier molecular flexibility index (Phi) is 13.6. The van der Waals surface area contributed by atoms with Gasteiger partial charge in [-0.3, -0.25) is 19.2 Å². The molecule has 0 spiro atoms. The van der Waals surface area contributed by atoms with E-state index in [0.717, 1.165) is 35.8 Å². The Hall–Kier alpha value is -4.47. The fourth-order valence-electron chi connectivity index (χ4n) is 5.14. The summed E-state index contributed by atoms with van der Waals surface area (Å²) in [7, 11) is 0. The summed E-state index contributed by atoms with van der Waals surface area (Å²) in [6.45, 7) is 19.1. The van der Waals surface area contributed by atoms with Gasteiger partial charge in [0.1, 0.15) is 35.6 Å². The van der Waals surface area contributed by atoms with E-state index in [0.29, 0.717) is 24.0 Å². The lowest BCUT2D eigenvalue weighted by molar-refractivity contribution is -0.170. The van der Waals surface area contributed by atoms with Crippen LogP contribution in [0, 0.1) is 22.1 Å². The summed E-state index contributed by atoms with van der Waals surface area (Å²) in [6.07, 6.45) is 3.43. The minimum Gasteiger partial charge on any atom is -0.507 e. The number of phenols is 1. The first-order valence-electron chi connectivity index (χ1n) is 18.0. The number of carbonyl (C=O) groups is 4.